The second-order valence-electron chi connectivity index (χ2n) is 11.1. The molecule has 0 fully saturated rings. The van der Waals surface area contributed by atoms with Crippen molar-refractivity contribution in [2.24, 2.45) is 0 Å². The van der Waals surface area contributed by atoms with Crippen molar-refractivity contribution in [3.8, 4) is 11.5 Å². The van der Waals surface area contributed by atoms with Crippen LogP contribution >= 0.6 is 0 Å². The number of phenols is 2. The number of rotatable bonds is 1. The Morgan fingerprint density at radius 2 is 1.13 bits per heavy atom. The first-order valence-electron chi connectivity index (χ1n) is 12.2. The summed E-state index contributed by atoms with van der Waals surface area (Å²) >= 11 is 2.02. The summed E-state index contributed by atoms with van der Waals surface area (Å²) in [7, 11) is 0. The van der Waals surface area contributed by atoms with Gasteiger partial charge in [-0.15, -0.1) is 0 Å². The molecule has 0 radical (unpaired) electrons. The fraction of sp³-hybridized carbons (Fsp3) is 0.312. The Kier molecular flexibility index (Phi) is 14.6. The van der Waals surface area contributed by atoms with E-state index in [0.717, 1.165) is 16.6 Å². The van der Waals surface area contributed by atoms with Crippen molar-refractivity contribution in [3.63, 3.8) is 0 Å². The van der Waals surface area contributed by atoms with E-state index < -0.39 is 0 Å². The molecule has 0 aliphatic rings. The molecule has 4 aromatic rings. The van der Waals surface area contributed by atoms with Crippen LogP contribution in [0.2, 0.25) is 0 Å². The first-order chi connectivity index (χ1) is 16.7. The molecule has 0 saturated heterocycles. The van der Waals surface area contributed by atoms with E-state index in [1.807, 2.05) is 82.5 Å². The number of benzene rings is 3. The molecular formula is C32H39Cl2NO2Ti-2. The molecule has 38 heavy (non-hydrogen) atoms. The quantitative estimate of drug-likeness (QED) is 0.335. The van der Waals surface area contributed by atoms with E-state index in [0.29, 0.717) is 11.5 Å². The van der Waals surface area contributed by atoms with E-state index in [1.54, 1.807) is 12.1 Å². The van der Waals surface area contributed by atoms with E-state index >= 15 is 0 Å². The number of aromatic nitrogens is 1. The summed E-state index contributed by atoms with van der Waals surface area (Å²) < 4.78 is 2.06. The maximum absolute atomic E-state index is 9.57. The van der Waals surface area contributed by atoms with Gasteiger partial charge in [0.15, 0.2) is 0 Å². The maximum atomic E-state index is 9.57. The fourth-order valence-corrected chi connectivity index (χ4v) is 3.91. The number of fused-ring (bicyclic) bond motifs is 1. The molecule has 0 spiro atoms. The molecule has 2 N–H and O–H groups in total. The predicted octanol–water partition coefficient (Wildman–Crippen LogP) is 1.94. The number of hydrogen-bond acceptors (Lipinski definition) is 3. The van der Waals surface area contributed by atoms with Gasteiger partial charge in [-0.3, -0.25) is 0 Å². The van der Waals surface area contributed by atoms with Crippen molar-refractivity contribution in [2.45, 2.75) is 66.2 Å². The van der Waals surface area contributed by atoms with Gasteiger partial charge in [-0.2, -0.15) is 0 Å². The van der Waals surface area contributed by atoms with Crippen LogP contribution in [0, 0.1) is 13.8 Å². The van der Waals surface area contributed by atoms with Gasteiger partial charge >= 0.3 is 82.3 Å². The number of hydrogen-bond donors (Lipinski definition) is 2. The van der Waals surface area contributed by atoms with Crippen LogP contribution < -0.4 is 24.8 Å². The van der Waals surface area contributed by atoms with Crippen molar-refractivity contribution in [3.05, 3.63) is 101 Å². The third-order valence-corrected chi connectivity index (χ3v) is 6.22. The van der Waals surface area contributed by atoms with Gasteiger partial charge in [0.1, 0.15) is 11.5 Å². The van der Waals surface area contributed by atoms with Crippen molar-refractivity contribution < 1.29 is 55.0 Å². The molecule has 0 unspecified atom stereocenters. The molecule has 0 amide bonds. The second-order valence-corrected chi connectivity index (χ2v) is 11.6. The van der Waals surface area contributed by atoms with Crippen LogP contribution in [0.5, 0.6) is 11.5 Å². The Morgan fingerprint density at radius 1 is 0.684 bits per heavy atom. The van der Waals surface area contributed by atoms with E-state index in [1.165, 1.54) is 22.1 Å². The van der Waals surface area contributed by atoms with Crippen LogP contribution in [0.3, 0.4) is 0 Å². The zero-order valence-electron chi connectivity index (χ0n) is 23.6. The summed E-state index contributed by atoms with van der Waals surface area (Å²) in [5.41, 5.74) is 6.70. The topological polar surface area (TPSA) is 53.4 Å². The molecule has 6 heteroatoms. The molecule has 1 heterocycles. The monoisotopic (exact) mass is 587 g/mol. The van der Waals surface area contributed by atoms with Crippen LogP contribution in [-0.4, -0.2) is 19.5 Å². The predicted molar refractivity (Wildman–Crippen MR) is 150 cm³/mol. The minimum absolute atomic E-state index is 0. The summed E-state index contributed by atoms with van der Waals surface area (Å²) in [6.45, 7) is 16.7. The van der Waals surface area contributed by atoms with Crippen LogP contribution in [0.15, 0.2) is 72.9 Å². The molecule has 4 rings (SSSR count). The average Bonchev–Trinajstić information content (AvgIpc) is 2.81. The van der Waals surface area contributed by atoms with Crippen molar-refractivity contribution in [1.82, 2.24) is 4.98 Å². The number of aromatic hydroxyl groups is 2. The Hall–Kier alpha value is -2.17. The second kappa shape index (κ2) is 15.4. The van der Waals surface area contributed by atoms with Crippen LogP contribution in [-0.2, 0) is 30.8 Å². The summed E-state index contributed by atoms with van der Waals surface area (Å²) in [5, 5.41) is 20.3. The molecule has 0 bridgehead atoms. The van der Waals surface area contributed by atoms with Crippen molar-refractivity contribution >= 4 is 15.2 Å². The van der Waals surface area contributed by atoms with Crippen LogP contribution in [0.1, 0.15) is 69.4 Å². The van der Waals surface area contributed by atoms with Crippen LogP contribution in [0.25, 0.3) is 10.9 Å². The van der Waals surface area contributed by atoms with Gasteiger partial charge in [-0.25, -0.2) is 0 Å². The zero-order valence-corrected chi connectivity index (χ0v) is 26.7. The molecule has 3 nitrogen and oxygen atoms in total. The molecule has 0 aliphatic carbocycles. The van der Waals surface area contributed by atoms with Gasteiger partial charge in [0.25, 0.3) is 0 Å². The number of nitrogens with zero attached hydrogens (tertiary/aromatic N) is 1. The number of phenolic OH excluding ortho intramolecular Hbond substituents is 2. The zero-order chi connectivity index (χ0) is 27.1. The molecule has 0 aliphatic heterocycles. The van der Waals surface area contributed by atoms with Gasteiger partial charge in [-0.05, 0) is 47.9 Å². The fourth-order valence-electron chi connectivity index (χ4n) is 3.67. The molecule has 0 saturated carbocycles. The minimum atomic E-state index is 0. The van der Waals surface area contributed by atoms with E-state index in [2.05, 4.69) is 63.0 Å². The molecule has 0 atom stereocenters. The summed E-state index contributed by atoms with van der Waals surface area (Å²) in [4.78, 5) is 4.32. The van der Waals surface area contributed by atoms with Gasteiger partial charge < -0.3 is 35.0 Å². The molecule has 1 aromatic heterocycles. The summed E-state index contributed by atoms with van der Waals surface area (Å²) in [6.07, 6.45) is 1.89. The molecular weight excluding hydrogens is 549 g/mol. The summed E-state index contributed by atoms with van der Waals surface area (Å²) in [6, 6.07) is 21.7. The Labute approximate surface area is 252 Å². The van der Waals surface area contributed by atoms with Crippen LogP contribution in [0.4, 0.5) is 0 Å². The SMILES string of the molecule is Cc1ccc(O)c(C(C)(C)C)c1.Cc1ccc(O)c(C(C)(C)C)c1.[Cl-].[Cl-].[Ti]=[CH]c1cnc2ccccc2c1. The first-order valence-corrected chi connectivity index (χ1v) is 13.1. The number of aryl methyl sites for hydroxylation is 2. The standard InChI is InChI=1S/2C11H16O.C10H7N.2ClH.Ti/c2*1-8-5-6-10(12)9(7-8)11(2,3)4;1-8-6-9-4-2-3-5-10(9)11-7-8;;;/h2*5-7,12H,1-4H3;1-7H;2*1H;/p-2. The van der Waals surface area contributed by atoms with Crippen molar-refractivity contribution in [2.75, 3.05) is 0 Å². The van der Waals surface area contributed by atoms with Crippen molar-refractivity contribution in [1.29, 1.82) is 0 Å². The Bertz CT molecular complexity index is 1260. The number of para-hydroxylation sites is 1. The summed E-state index contributed by atoms with van der Waals surface area (Å²) in [5.74, 6) is 0.793. The first kappa shape index (κ1) is 35.8. The molecule has 3 aromatic carbocycles. The third kappa shape index (κ3) is 10.9. The normalized spacial score (nSPS) is 10.5. The van der Waals surface area contributed by atoms with E-state index in [9.17, 15) is 10.2 Å². The third-order valence-electron chi connectivity index (χ3n) is 5.70. The van der Waals surface area contributed by atoms with Gasteiger partial charge in [-0.1, -0.05) is 76.9 Å². The Balaban J connectivity index is 0.000000527. The van der Waals surface area contributed by atoms with Gasteiger partial charge in [0.2, 0.25) is 0 Å². The Morgan fingerprint density at radius 3 is 1.53 bits per heavy atom. The molecule has 204 valence electrons. The van der Waals surface area contributed by atoms with E-state index in [4.69, 9.17) is 0 Å². The number of pyridine rings is 1. The van der Waals surface area contributed by atoms with E-state index in [-0.39, 0.29) is 35.6 Å². The van der Waals surface area contributed by atoms with Gasteiger partial charge in [0, 0.05) is 0 Å². The number of halogens is 2. The average molecular weight is 588 g/mol. The van der Waals surface area contributed by atoms with Gasteiger partial charge in [0.05, 0.1) is 0 Å².